The Hall–Kier alpha value is 0.270. The molecule has 0 amide bonds. The summed E-state index contributed by atoms with van der Waals surface area (Å²) in [6.45, 7) is 9.52. The van der Waals surface area contributed by atoms with Crippen molar-refractivity contribution >= 4 is 11.8 Å². The highest BCUT2D eigenvalue weighted by molar-refractivity contribution is 7.99. The average Bonchev–Trinajstić information content (AvgIpc) is 2.90. The maximum atomic E-state index is 3.78. The smallest absolute Gasteiger partial charge is 0.0222 e. The summed E-state index contributed by atoms with van der Waals surface area (Å²) in [4.78, 5) is 2.83. The summed E-state index contributed by atoms with van der Waals surface area (Å²) in [5.74, 6) is 3.55. The molecule has 2 rings (SSSR count). The fraction of sp³-hybridized carbons (Fsp3) is 1.00. The Labute approximate surface area is 111 Å². The highest BCUT2D eigenvalue weighted by Gasteiger charge is 2.34. The van der Waals surface area contributed by atoms with E-state index < -0.39 is 0 Å². The Bertz CT molecular complexity index is 226. The van der Waals surface area contributed by atoms with E-state index in [0.29, 0.717) is 6.04 Å². The van der Waals surface area contributed by atoms with Crippen LogP contribution in [0.1, 0.15) is 40.0 Å². The monoisotopic (exact) mass is 256 g/mol. The molecule has 0 spiro atoms. The van der Waals surface area contributed by atoms with Gasteiger partial charge in [-0.25, -0.2) is 0 Å². The van der Waals surface area contributed by atoms with Crippen molar-refractivity contribution < 1.29 is 0 Å². The van der Waals surface area contributed by atoms with E-state index in [0.717, 1.165) is 18.0 Å². The molecule has 2 heterocycles. The molecule has 100 valence electrons. The maximum absolute atomic E-state index is 3.78. The predicted octanol–water partition coefficient (Wildman–Crippen LogP) is 2.59. The van der Waals surface area contributed by atoms with Gasteiger partial charge in [-0.2, -0.15) is 11.8 Å². The first kappa shape index (κ1) is 13.7. The summed E-state index contributed by atoms with van der Waals surface area (Å²) in [7, 11) is 0. The van der Waals surface area contributed by atoms with Crippen LogP contribution in [0.3, 0.4) is 0 Å². The van der Waals surface area contributed by atoms with E-state index in [2.05, 4.69) is 42.7 Å². The third-order valence-electron chi connectivity index (χ3n) is 4.67. The molecule has 2 nitrogen and oxygen atoms in total. The van der Waals surface area contributed by atoms with Gasteiger partial charge in [-0.1, -0.05) is 27.2 Å². The van der Waals surface area contributed by atoms with Crippen LogP contribution >= 0.6 is 11.8 Å². The quantitative estimate of drug-likeness (QED) is 0.832. The van der Waals surface area contributed by atoms with Crippen molar-refractivity contribution in [1.29, 1.82) is 0 Å². The van der Waals surface area contributed by atoms with E-state index in [1.54, 1.807) is 0 Å². The maximum Gasteiger partial charge on any atom is 0.0222 e. The summed E-state index contributed by atoms with van der Waals surface area (Å²) in [5.41, 5.74) is 0. The van der Waals surface area contributed by atoms with Gasteiger partial charge in [0.15, 0.2) is 0 Å². The molecule has 2 aliphatic heterocycles. The number of nitrogens with one attached hydrogen (secondary N) is 1. The molecule has 1 N–H and O–H groups in total. The van der Waals surface area contributed by atoms with Crippen LogP contribution in [0.2, 0.25) is 0 Å². The number of piperazine rings is 1. The lowest BCUT2D eigenvalue weighted by Gasteiger charge is -2.45. The molecular weight excluding hydrogens is 228 g/mol. The van der Waals surface area contributed by atoms with Crippen LogP contribution < -0.4 is 5.32 Å². The van der Waals surface area contributed by atoms with E-state index in [1.807, 2.05) is 0 Å². The Morgan fingerprint density at radius 1 is 1.41 bits per heavy atom. The fourth-order valence-corrected chi connectivity index (χ4v) is 4.36. The largest absolute Gasteiger partial charge is 0.311 e. The van der Waals surface area contributed by atoms with Gasteiger partial charge in [0.05, 0.1) is 0 Å². The van der Waals surface area contributed by atoms with E-state index in [-0.39, 0.29) is 0 Å². The Morgan fingerprint density at radius 3 is 2.82 bits per heavy atom. The van der Waals surface area contributed by atoms with Gasteiger partial charge in [0, 0.05) is 37.0 Å². The first-order chi connectivity index (χ1) is 8.26. The number of rotatable bonds is 4. The predicted molar refractivity (Wildman–Crippen MR) is 77.8 cm³/mol. The Balaban J connectivity index is 1.97. The highest BCUT2D eigenvalue weighted by atomic mass is 32.2. The summed E-state index contributed by atoms with van der Waals surface area (Å²) in [6.07, 6.45) is 4.00. The molecule has 0 bridgehead atoms. The Morgan fingerprint density at radius 2 is 2.24 bits per heavy atom. The van der Waals surface area contributed by atoms with Crippen LogP contribution in [0.25, 0.3) is 0 Å². The van der Waals surface area contributed by atoms with E-state index in [1.165, 1.54) is 43.9 Å². The number of nitrogens with zero attached hydrogens (tertiary/aromatic N) is 1. The zero-order valence-electron chi connectivity index (χ0n) is 11.6. The van der Waals surface area contributed by atoms with Gasteiger partial charge in [0.25, 0.3) is 0 Å². The molecule has 2 saturated heterocycles. The minimum Gasteiger partial charge on any atom is -0.311 e. The van der Waals surface area contributed by atoms with Crippen LogP contribution in [-0.2, 0) is 0 Å². The minimum absolute atomic E-state index is 0.716. The summed E-state index contributed by atoms with van der Waals surface area (Å²) in [6, 6.07) is 2.35. The summed E-state index contributed by atoms with van der Waals surface area (Å²) < 4.78 is 0. The molecule has 17 heavy (non-hydrogen) atoms. The van der Waals surface area contributed by atoms with E-state index in [9.17, 15) is 0 Å². The van der Waals surface area contributed by atoms with Crippen LogP contribution in [-0.4, -0.2) is 47.6 Å². The van der Waals surface area contributed by atoms with Crippen LogP contribution in [0.4, 0.5) is 0 Å². The lowest BCUT2D eigenvalue weighted by Crippen LogP contribution is -2.60. The molecule has 0 saturated carbocycles. The van der Waals surface area contributed by atoms with Gasteiger partial charge in [-0.05, 0) is 24.5 Å². The van der Waals surface area contributed by atoms with Gasteiger partial charge in [-0.15, -0.1) is 0 Å². The number of thioether (sulfide) groups is 1. The lowest BCUT2D eigenvalue weighted by molar-refractivity contribution is 0.0737. The highest BCUT2D eigenvalue weighted by Crippen LogP contribution is 2.27. The second kappa shape index (κ2) is 6.44. The zero-order valence-corrected chi connectivity index (χ0v) is 12.4. The molecule has 0 aliphatic carbocycles. The van der Waals surface area contributed by atoms with Crippen molar-refractivity contribution in [1.82, 2.24) is 10.2 Å². The first-order valence-electron chi connectivity index (χ1n) is 7.33. The molecule has 3 heteroatoms. The topological polar surface area (TPSA) is 15.3 Å². The van der Waals surface area contributed by atoms with E-state index >= 15 is 0 Å². The SMILES string of the molecule is CCC(C)C1CN(C2CCSC2)C(CC)CN1. The molecular formula is C14H28N2S. The average molecular weight is 256 g/mol. The standard InChI is InChI=1S/C14H28N2S/c1-4-11(3)14-9-16(12(5-2)8-15-14)13-6-7-17-10-13/h11-15H,4-10H2,1-3H3. The zero-order chi connectivity index (χ0) is 12.3. The first-order valence-corrected chi connectivity index (χ1v) is 8.48. The molecule has 2 aliphatic rings. The number of hydrogen-bond donors (Lipinski definition) is 1. The van der Waals surface area contributed by atoms with Gasteiger partial charge >= 0.3 is 0 Å². The van der Waals surface area contributed by atoms with Gasteiger partial charge in [0.2, 0.25) is 0 Å². The molecule has 0 aromatic carbocycles. The lowest BCUT2D eigenvalue weighted by atomic mass is 9.93. The van der Waals surface area contributed by atoms with Crippen molar-refractivity contribution in [3.8, 4) is 0 Å². The summed E-state index contributed by atoms with van der Waals surface area (Å²) >= 11 is 2.14. The molecule has 4 atom stereocenters. The molecule has 2 fully saturated rings. The van der Waals surface area contributed by atoms with Gasteiger partial charge in [-0.3, -0.25) is 4.90 Å². The van der Waals surface area contributed by atoms with Gasteiger partial charge in [0.1, 0.15) is 0 Å². The van der Waals surface area contributed by atoms with Crippen molar-refractivity contribution in [2.75, 3.05) is 24.6 Å². The summed E-state index contributed by atoms with van der Waals surface area (Å²) in [5, 5.41) is 3.78. The van der Waals surface area contributed by atoms with Crippen LogP contribution in [0.5, 0.6) is 0 Å². The molecule has 0 radical (unpaired) electrons. The minimum atomic E-state index is 0.716. The van der Waals surface area contributed by atoms with E-state index in [4.69, 9.17) is 0 Å². The Kier molecular flexibility index (Phi) is 5.19. The second-order valence-corrected chi connectivity index (χ2v) is 6.83. The second-order valence-electron chi connectivity index (χ2n) is 5.68. The van der Waals surface area contributed by atoms with Gasteiger partial charge < -0.3 is 5.32 Å². The van der Waals surface area contributed by atoms with Crippen molar-refractivity contribution in [3.63, 3.8) is 0 Å². The molecule has 0 aromatic rings. The number of hydrogen-bond acceptors (Lipinski definition) is 3. The fourth-order valence-electron chi connectivity index (χ4n) is 3.12. The molecule has 0 aromatic heterocycles. The third kappa shape index (κ3) is 3.18. The van der Waals surface area contributed by atoms with Crippen molar-refractivity contribution in [2.45, 2.75) is 58.2 Å². The third-order valence-corrected chi connectivity index (χ3v) is 5.81. The van der Waals surface area contributed by atoms with Crippen LogP contribution in [0.15, 0.2) is 0 Å². The van der Waals surface area contributed by atoms with Crippen molar-refractivity contribution in [3.05, 3.63) is 0 Å². The van der Waals surface area contributed by atoms with Crippen molar-refractivity contribution in [2.24, 2.45) is 5.92 Å². The van der Waals surface area contributed by atoms with Crippen LogP contribution in [0, 0.1) is 5.92 Å². The normalized spacial score (nSPS) is 37.2. The molecule has 4 unspecified atom stereocenters.